The Kier molecular flexibility index (Phi) is 1.93. The van der Waals surface area contributed by atoms with Crippen LogP contribution in [-0.4, -0.2) is 41.5 Å². The first-order chi connectivity index (χ1) is 8.00. The number of carbonyl (C=O) groups excluding carboxylic acids is 3. The van der Waals surface area contributed by atoms with E-state index in [1.807, 2.05) is 6.92 Å². The molecule has 1 atom stereocenters. The second-order valence-electron chi connectivity index (χ2n) is 5.28. The van der Waals surface area contributed by atoms with Crippen molar-refractivity contribution in [2.75, 3.05) is 13.2 Å². The van der Waals surface area contributed by atoms with Gasteiger partial charge >= 0.3 is 6.03 Å². The van der Waals surface area contributed by atoms with E-state index in [0.717, 1.165) is 0 Å². The molecule has 2 aliphatic heterocycles. The summed E-state index contributed by atoms with van der Waals surface area (Å²) in [5.74, 6) is -0.787. The summed E-state index contributed by atoms with van der Waals surface area (Å²) in [7, 11) is 0. The van der Waals surface area contributed by atoms with Gasteiger partial charge in [0.2, 0.25) is 11.8 Å². The number of nitrogens with one attached hydrogen (secondary N) is 1. The number of ether oxygens (including phenoxy) is 1. The van der Waals surface area contributed by atoms with Crippen LogP contribution in [0.15, 0.2) is 0 Å². The molecular weight excluding hydrogens is 224 g/mol. The average Bonchev–Trinajstić information content (AvgIpc) is 2.95. The number of urea groups is 1. The first-order valence-electron chi connectivity index (χ1n) is 5.77. The molecule has 0 aromatic heterocycles. The Hall–Kier alpha value is -1.43. The summed E-state index contributed by atoms with van der Waals surface area (Å²) < 4.78 is 5.27. The lowest BCUT2D eigenvalue weighted by Crippen LogP contribution is -2.66. The fourth-order valence-corrected chi connectivity index (χ4v) is 2.56. The quantitative estimate of drug-likeness (QED) is 0.654. The van der Waals surface area contributed by atoms with Gasteiger partial charge in [0.25, 0.3) is 0 Å². The summed E-state index contributed by atoms with van der Waals surface area (Å²) in [4.78, 5) is 37.0. The minimum Gasteiger partial charge on any atom is -0.379 e. The maximum atomic E-state index is 12.3. The number of carbonyl (C=O) groups is 3. The average molecular weight is 238 g/mol. The van der Waals surface area contributed by atoms with Crippen molar-refractivity contribution in [3.63, 3.8) is 0 Å². The minimum atomic E-state index is -0.959. The van der Waals surface area contributed by atoms with Gasteiger partial charge < -0.3 is 4.74 Å². The molecule has 1 spiro atoms. The van der Waals surface area contributed by atoms with Gasteiger partial charge in [-0.15, -0.1) is 0 Å². The molecule has 1 saturated carbocycles. The highest BCUT2D eigenvalue weighted by Crippen LogP contribution is 2.50. The van der Waals surface area contributed by atoms with E-state index in [0.29, 0.717) is 32.5 Å². The van der Waals surface area contributed by atoms with E-state index in [-0.39, 0.29) is 5.91 Å². The molecule has 3 rings (SSSR count). The minimum absolute atomic E-state index is 0.344. The van der Waals surface area contributed by atoms with Crippen molar-refractivity contribution in [2.24, 2.45) is 5.41 Å². The Morgan fingerprint density at radius 3 is 2.47 bits per heavy atom. The van der Waals surface area contributed by atoms with E-state index < -0.39 is 22.9 Å². The highest BCUT2D eigenvalue weighted by atomic mass is 16.5. The second kappa shape index (κ2) is 3.07. The topological polar surface area (TPSA) is 75.7 Å². The third-order valence-electron chi connectivity index (χ3n) is 3.96. The molecule has 1 aliphatic carbocycles. The molecule has 1 unspecified atom stereocenters. The molecular formula is C11H14N2O4. The van der Waals surface area contributed by atoms with Gasteiger partial charge in [-0.1, -0.05) is 0 Å². The van der Waals surface area contributed by atoms with Crippen molar-refractivity contribution >= 4 is 17.8 Å². The summed E-state index contributed by atoms with van der Waals surface area (Å²) in [5, 5.41) is 2.29. The molecule has 92 valence electrons. The van der Waals surface area contributed by atoms with Gasteiger partial charge in [-0.05, 0) is 26.2 Å². The van der Waals surface area contributed by atoms with Crippen molar-refractivity contribution < 1.29 is 19.1 Å². The van der Waals surface area contributed by atoms with E-state index in [1.54, 1.807) is 0 Å². The lowest BCUT2D eigenvalue weighted by molar-refractivity contribution is -0.148. The van der Waals surface area contributed by atoms with E-state index in [4.69, 9.17) is 4.74 Å². The predicted octanol–water partition coefficient (Wildman–Crippen LogP) is 0.0240. The van der Waals surface area contributed by atoms with E-state index in [9.17, 15) is 14.4 Å². The summed E-state index contributed by atoms with van der Waals surface area (Å²) in [6.07, 6.45) is 1.70. The predicted molar refractivity (Wildman–Crippen MR) is 55.9 cm³/mol. The molecule has 4 amide bonds. The van der Waals surface area contributed by atoms with Crippen LogP contribution in [0.1, 0.15) is 26.2 Å². The van der Waals surface area contributed by atoms with Gasteiger partial charge in [0.15, 0.2) is 0 Å². The van der Waals surface area contributed by atoms with E-state index >= 15 is 0 Å². The Morgan fingerprint density at radius 2 is 1.94 bits per heavy atom. The number of rotatable bonds is 1. The molecule has 2 saturated heterocycles. The third kappa shape index (κ3) is 1.27. The number of nitrogens with zero attached hydrogens (tertiary/aromatic N) is 1. The number of hydrogen-bond acceptors (Lipinski definition) is 4. The zero-order chi connectivity index (χ0) is 12.3. The Balaban J connectivity index is 1.96. The summed E-state index contributed by atoms with van der Waals surface area (Å²) in [6, 6.07) is -0.606. The number of imide groups is 2. The Morgan fingerprint density at radius 1 is 1.24 bits per heavy atom. The SMILES string of the molecule is CC1(N2C(=O)NC(=O)C3(CC3)C2=O)CCOC1. The van der Waals surface area contributed by atoms with Crippen LogP contribution in [0.3, 0.4) is 0 Å². The van der Waals surface area contributed by atoms with Crippen LogP contribution in [0.5, 0.6) is 0 Å². The first kappa shape index (κ1) is 10.7. The first-order valence-corrected chi connectivity index (χ1v) is 5.77. The lowest BCUT2D eigenvalue weighted by Gasteiger charge is -2.40. The zero-order valence-electron chi connectivity index (χ0n) is 9.62. The Bertz CT molecular complexity index is 421. The molecule has 0 bridgehead atoms. The van der Waals surface area contributed by atoms with Crippen LogP contribution in [0, 0.1) is 5.41 Å². The van der Waals surface area contributed by atoms with Crippen LogP contribution in [0.2, 0.25) is 0 Å². The van der Waals surface area contributed by atoms with Crippen molar-refractivity contribution in [2.45, 2.75) is 31.7 Å². The van der Waals surface area contributed by atoms with Gasteiger partial charge in [0, 0.05) is 6.61 Å². The Labute approximate surface area is 98.3 Å². The normalized spacial score (nSPS) is 35.4. The maximum Gasteiger partial charge on any atom is 0.331 e. The zero-order valence-corrected chi connectivity index (χ0v) is 9.62. The summed E-state index contributed by atoms with van der Waals surface area (Å²) in [6.45, 7) is 2.70. The van der Waals surface area contributed by atoms with Crippen LogP contribution in [0.25, 0.3) is 0 Å². The highest BCUT2D eigenvalue weighted by Gasteiger charge is 2.64. The second-order valence-corrected chi connectivity index (χ2v) is 5.28. The summed E-state index contributed by atoms with van der Waals surface area (Å²) >= 11 is 0. The van der Waals surface area contributed by atoms with E-state index in [1.165, 1.54) is 4.90 Å². The molecule has 2 heterocycles. The van der Waals surface area contributed by atoms with E-state index in [2.05, 4.69) is 5.32 Å². The van der Waals surface area contributed by atoms with Crippen molar-refractivity contribution in [3.05, 3.63) is 0 Å². The molecule has 6 nitrogen and oxygen atoms in total. The molecule has 6 heteroatoms. The highest BCUT2D eigenvalue weighted by molar-refractivity contribution is 6.21. The van der Waals surface area contributed by atoms with Gasteiger partial charge in [-0.25, -0.2) is 4.79 Å². The molecule has 1 N–H and O–H groups in total. The number of amides is 4. The van der Waals surface area contributed by atoms with Crippen LogP contribution < -0.4 is 5.32 Å². The fourth-order valence-electron chi connectivity index (χ4n) is 2.56. The lowest BCUT2D eigenvalue weighted by atomic mass is 9.93. The van der Waals surface area contributed by atoms with Gasteiger partial charge in [-0.3, -0.25) is 19.8 Å². The third-order valence-corrected chi connectivity index (χ3v) is 3.96. The standard InChI is InChI=1S/C11H14N2O4/c1-10(4-5-17-6-10)13-8(15)11(2-3-11)7(14)12-9(13)16/h2-6H2,1H3,(H,12,14,16). The van der Waals surface area contributed by atoms with Crippen molar-refractivity contribution in [3.8, 4) is 0 Å². The van der Waals surface area contributed by atoms with Crippen LogP contribution in [0.4, 0.5) is 4.79 Å². The monoisotopic (exact) mass is 238 g/mol. The van der Waals surface area contributed by atoms with Gasteiger partial charge in [0.1, 0.15) is 5.41 Å². The smallest absolute Gasteiger partial charge is 0.331 e. The fraction of sp³-hybridized carbons (Fsp3) is 0.727. The number of hydrogen-bond donors (Lipinski definition) is 1. The van der Waals surface area contributed by atoms with Crippen molar-refractivity contribution in [1.29, 1.82) is 0 Å². The molecule has 0 aromatic carbocycles. The number of barbiturate groups is 1. The molecule has 0 radical (unpaired) electrons. The van der Waals surface area contributed by atoms with Gasteiger partial charge in [-0.2, -0.15) is 0 Å². The molecule has 3 fully saturated rings. The van der Waals surface area contributed by atoms with Gasteiger partial charge in [0.05, 0.1) is 12.1 Å². The molecule has 0 aromatic rings. The van der Waals surface area contributed by atoms with Crippen LogP contribution >= 0.6 is 0 Å². The summed E-state index contributed by atoms with van der Waals surface area (Å²) in [5.41, 5.74) is -1.57. The van der Waals surface area contributed by atoms with Crippen LogP contribution in [-0.2, 0) is 14.3 Å². The molecule has 17 heavy (non-hydrogen) atoms. The largest absolute Gasteiger partial charge is 0.379 e. The maximum absolute atomic E-state index is 12.3. The van der Waals surface area contributed by atoms with Crippen molar-refractivity contribution in [1.82, 2.24) is 10.2 Å². The molecule has 3 aliphatic rings.